The predicted octanol–water partition coefficient (Wildman–Crippen LogP) is 3.30. The van der Waals surface area contributed by atoms with Crippen LogP contribution in [0, 0.1) is 11.7 Å². The van der Waals surface area contributed by atoms with Gasteiger partial charge < -0.3 is 10.5 Å². The molecule has 0 aliphatic carbocycles. The van der Waals surface area contributed by atoms with E-state index in [4.69, 9.17) is 10.5 Å². The van der Waals surface area contributed by atoms with Crippen molar-refractivity contribution in [2.45, 2.75) is 26.3 Å². The van der Waals surface area contributed by atoms with Gasteiger partial charge >= 0.3 is 0 Å². The third-order valence-electron chi connectivity index (χ3n) is 2.34. The number of ether oxygens (including phenoxy) is 1. The molecule has 0 aliphatic heterocycles. The maximum absolute atomic E-state index is 13.8. The average Bonchev–Trinajstić information content (AvgIpc) is 2.17. The first-order valence-electron chi connectivity index (χ1n) is 5.14. The van der Waals surface area contributed by atoms with Crippen LogP contribution in [0.2, 0.25) is 0 Å². The lowest BCUT2D eigenvalue weighted by atomic mass is 9.97. The molecule has 0 unspecified atom stereocenters. The summed E-state index contributed by atoms with van der Waals surface area (Å²) in [6.07, 6.45) is 0.768. The summed E-state index contributed by atoms with van der Waals surface area (Å²) >= 11 is 0. The Hall–Kier alpha value is -0.800. The highest BCUT2D eigenvalue weighted by Gasteiger charge is 2.15. The molecule has 1 aromatic carbocycles. The summed E-state index contributed by atoms with van der Waals surface area (Å²) in [6, 6.07) is 4.81. The van der Waals surface area contributed by atoms with E-state index in [1.807, 2.05) is 0 Å². The fourth-order valence-electron chi connectivity index (χ4n) is 1.61. The van der Waals surface area contributed by atoms with E-state index < -0.39 is 0 Å². The lowest BCUT2D eigenvalue weighted by molar-refractivity contribution is 0.379. The topological polar surface area (TPSA) is 35.2 Å². The molecule has 0 aliphatic rings. The van der Waals surface area contributed by atoms with Gasteiger partial charge in [0.05, 0.1) is 7.11 Å². The molecule has 0 saturated heterocycles. The zero-order chi connectivity index (χ0) is 11.4. The van der Waals surface area contributed by atoms with E-state index in [0.717, 1.165) is 6.42 Å². The molecular formula is C12H19ClFNO. The fraction of sp³-hybridized carbons (Fsp3) is 0.500. The van der Waals surface area contributed by atoms with E-state index in [9.17, 15) is 4.39 Å². The lowest BCUT2D eigenvalue weighted by Crippen LogP contribution is -2.14. The van der Waals surface area contributed by atoms with E-state index in [0.29, 0.717) is 11.5 Å². The zero-order valence-electron chi connectivity index (χ0n) is 9.87. The summed E-state index contributed by atoms with van der Waals surface area (Å²) in [4.78, 5) is 0. The van der Waals surface area contributed by atoms with E-state index in [2.05, 4.69) is 13.8 Å². The minimum atomic E-state index is -0.340. The quantitative estimate of drug-likeness (QED) is 0.886. The van der Waals surface area contributed by atoms with Crippen LogP contribution in [-0.4, -0.2) is 7.11 Å². The third kappa shape index (κ3) is 3.65. The SMILES string of the molecule is COc1cccc([C@@H](N)CC(C)C)c1F.Cl. The molecule has 0 heterocycles. The van der Waals surface area contributed by atoms with Crippen LogP contribution in [0.15, 0.2) is 18.2 Å². The van der Waals surface area contributed by atoms with Crippen LogP contribution in [0.25, 0.3) is 0 Å². The van der Waals surface area contributed by atoms with Crippen molar-refractivity contribution in [3.8, 4) is 5.75 Å². The molecule has 0 spiro atoms. The normalized spacial score (nSPS) is 12.1. The lowest BCUT2D eigenvalue weighted by Gasteiger charge is -2.16. The van der Waals surface area contributed by atoms with E-state index in [1.165, 1.54) is 7.11 Å². The van der Waals surface area contributed by atoms with Crippen molar-refractivity contribution in [1.29, 1.82) is 0 Å². The van der Waals surface area contributed by atoms with Crippen molar-refractivity contribution in [3.63, 3.8) is 0 Å². The largest absolute Gasteiger partial charge is 0.494 e. The summed E-state index contributed by atoms with van der Waals surface area (Å²) in [7, 11) is 1.45. The van der Waals surface area contributed by atoms with Gasteiger partial charge in [0, 0.05) is 11.6 Å². The van der Waals surface area contributed by atoms with Gasteiger partial charge in [-0.15, -0.1) is 12.4 Å². The monoisotopic (exact) mass is 247 g/mol. The maximum Gasteiger partial charge on any atom is 0.169 e. The van der Waals surface area contributed by atoms with Crippen LogP contribution in [-0.2, 0) is 0 Å². The number of hydrogen-bond donors (Lipinski definition) is 1. The van der Waals surface area contributed by atoms with Crippen molar-refractivity contribution < 1.29 is 9.13 Å². The number of halogens is 2. The second-order valence-electron chi connectivity index (χ2n) is 4.10. The molecule has 4 heteroatoms. The highest BCUT2D eigenvalue weighted by molar-refractivity contribution is 5.85. The fourth-order valence-corrected chi connectivity index (χ4v) is 1.61. The van der Waals surface area contributed by atoms with Gasteiger partial charge in [-0.3, -0.25) is 0 Å². The minimum absolute atomic E-state index is 0. The highest BCUT2D eigenvalue weighted by Crippen LogP contribution is 2.26. The Labute approximate surface area is 102 Å². The Kier molecular flexibility index (Phi) is 6.38. The molecule has 2 N–H and O–H groups in total. The average molecular weight is 248 g/mol. The van der Waals surface area contributed by atoms with Gasteiger partial charge in [0.1, 0.15) is 0 Å². The number of rotatable bonds is 4. The zero-order valence-corrected chi connectivity index (χ0v) is 10.7. The molecule has 1 atom stereocenters. The van der Waals surface area contributed by atoms with Crippen LogP contribution in [0.5, 0.6) is 5.75 Å². The first-order chi connectivity index (χ1) is 7.06. The summed E-state index contributed by atoms with van der Waals surface area (Å²) in [5.74, 6) is 0.366. The second-order valence-corrected chi connectivity index (χ2v) is 4.10. The molecule has 0 saturated carbocycles. The van der Waals surface area contributed by atoms with Crippen molar-refractivity contribution >= 4 is 12.4 Å². The van der Waals surface area contributed by atoms with Gasteiger partial charge in [-0.05, 0) is 18.4 Å². The number of benzene rings is 1. The second kappa shape index (κ2) is 6.71. The van der Waals surface area contributed by atoms with Crippen molar-refractivity contribution in [2.75, 3.05) is 7.11 Å². The summed E-state index contributed by atoms with van der Waals surface area (Å²) < 4.78 is 18.7. The molecule has 92 valence electrons. The molecule has 16 heavy (non-hydrogen) atoms. The van der Waals surface area contributed by atoms with E-state index >= 15 is 0 Å². The van der Waals surface area contributed by atoms with Gasteiger partial charge in [-0.25, -0.2) is 4.39 Å². The number of hydrogen-bond acceptors (Lipinski definition) is 2. The van der Waals surface area contributed by atoms with E-state index in [-0.39, 0.29) is 30.0 Å². The van der Waals surface area contributed by atoms with Crippen molar-refractivity contribution in [3.05, 3.63) is 29.6 Å². The smallest absolute Gasteiger partial charge is 0.169 e. The van der Waals surface area contributed by atoms with Crippen molar-refractivity contribution in [2.24, 2.45) is 11.7 Å². The molecule has 2 nitrogen and oxygen atoms in total. The van der Waals surface area contributed by atoms with Crippen LogP contribution < -0.4 is 10.5 Å². The molecule has 1 aromatic rings. The first kappa shape index (κ1) is 15.2. The summed E-state index contributed by atoms with van der Waals surface area (Å²) in [5, 5.41) is 0. The Morgan fingerprint density at radius 3 is 2.50 bits per heavy atom. The molecule has 0 amide bonds. The van der Waals surface area contributed by atoms with Gasteiger partial charge in [-0.2, -0.15) is 0 Å². The first-order valence-corrected chi connectivity index (χ1v) is 5.14. The van der Waals surface area contributed by atoms with Crippen LogP contribution in [0.1, 0.15) is 31.9 Å². The summed E-state index contributed by atoms with van der Waals surface area (Å²) in [5.41, 5.74) is 6.46. The van der Waals surface area contributed by atoms with Crippen molar-refractivity contribution in [1.82, 2.24) is 0 Å². The molecular weight excluding hydrogens is 229 g/mol. The highest BCUT2D eigenvalue weighted by atomic mass is 35.5. The van der Waals surface area contributed by atoms with Gasteiger partial charge in [0.25, 0.3) is 0 Å². The molecule has 0 radical (unpaired) electrons. The number of nitrogens with two attached hydrogens (primary N) is 1. The Balaban J connectivity index is 0.00000225. The minimum Gasteiger partial charge on any atom is -0.494 e. The van der Waals surface area contributed by atoms with E-state index in [1.54, 1.807) is 18.2 Å². The Morgan fingerprint density at radius 2 is 2.00 bits per heavy atom. The van der Waals surface area contributed by atoms with Crippen LogP contribution >= 0.6 is 12.4 Å². The van der Waals surface area contributed by atoms with Crippen LogP contribution in [0.3, 0.4) is 0 Å². The third-order valence-corrected chi connectivity index (χ3v) is 2.34. The standard InChI is InChI=1S/C12H18FNO.ClH/c1-8(2)7-10(14)9-5-4-6-11(15-3)12(9)13;/h4-6,8,10H,7,14H2,1-3H3;1H/t10-;/m0./s1. The van der Waals surface area contributed by atoms with Crippen LogP contribution in [0.4, 0.5) is 4.39 Å². The Bertz CT molecular complexity index is 331. The molecule has 0 fully saturated rings. The predicted molar refractivity (Wildman–Crippen MR) is 66.6 cm³/mol. The maximum atomic E-state index is 13.8. The molecule has 1 rings (SSSR count). The van der Waals surface area contributed by atoms with Gasteiger partial charge in [0.2, 0.25) is 0 Å². The molecule has 0 bridgehead atoms. The van der Waals surface area contributed by atoms with Gasteiger partial charge in [0.15, 0.2) is 11.6 Å². The molecule has 0 aromatic heterocycles. The Morgan fingerprint density at radius 1 is 1.38 bits per heavy atom. The summed E-state index contributed by atoms with van der Waals surface area (Å²) in [6.45, 7) is 4.13. The van der Waals surface area contributed by atoms with Gasteiger partial charge in [-0.1, -0.05) is 26.0 Å². The number of methoxy groups -OCH3 is 1.